The minimum Gasteiger partial charge on any atom is -0.396 e. The van der Waals surface area contributed by atoms with Gasteiger partial charge in [-0.15, -0.1) is 0 Å². The quantitative estimate of drug-likeness (QED) is 0.642. The molecule has 0 aromatic heterocycles. The molecule has 1 aliphatic heterocycles. The van der Waals surface area contributed by atoms with Gasteiger partial charge in [0.1, 0.15) is 0 Å². The van der Waals surface area contributed by atoms with Gasteiger partial charge < -0.3 is 9.84 Å². The van der Waals surface area contributed by atoms with Crippen molar-refractivity contribution in [3.05, 3.63) is 0 Å². The lowest BCUT2D eigenvalue weighted by Gasteiger charge is -2.36. The molecule has 0 bridgehead atoms. The van der Waals surface area contributed by atoms with Gasteiger partial charge >= 0.3 is 0 Å². The maximum atomic E-state index is 8.54. The van der Waals surface area contributed by atoms with Gasteiger partial charge in [0, 0.05) is 12.5 Å². The van der Waals surface area contributed by atoms with E-state index in [-0.39, 0.29) is 0 Å². The fraction of sp³-hybridized carbons (Fsp3) is 1.00. The van der Waals surface area contributed by atoms with E-state index in [9.17, 15) is 0 Å². The van der Waals surface area contributed by atoms with Crippen molar-refractivity contribution < 1.29 is 9.84 Å². The highest BCUT2D eigenvalue weighted by Gasteiger charge is 2.29. The van der Waals surface area contributed by atoms with Crippen LogP contribution in [-0.2, 0) is 4.74 Å². The van der Waals surface area contributed by atoms with Crippen LogP contribution in [0.3, 0.4) is 0 Å². The predicted molar refractivity (Wildman–Crippen MR) is 39.8 cm³/mol. The Morgan fingerprint density at radius 1 is 1.60 bits per heavy atom. The molecule has 0 radical (unpaired) electrons. The van der Waals surface area contributed by atoms with Crippen molar-refractivity contribution in [3.63, 3.8) is 0 Å². The predicted octanol–water partition coefficient (Wildman–Crippen LogP) is 1.18. The largest absolute Gasteiger partial charge is 0.396 e. The normalized spacial score (nSPS) is 31.8. The molecule has 2 nitrogen and oxygen atoms in total. The van der Waals surface area contributed by atoms with Crippen molar-refractivity contribution in [2.24, 2.45) is 5.92 Å². The van der Waals surface area contributed by atoms with Gasteiger partial charge in [0.2, 0.25) is 0 Å². The lowest BCUT2D eigenvalue weighted by atomic mass is 9.92. The molecular weight excluding hydrogens is 128 g/mol. The van der Waals surface area contributed by atoms with Crippen LogP contribution in [0.25, 0.3) is 0 Å². The lowest BCUT2D eigenvalue weighted by Crippen LogP contribution is -2.39. The van der Waals surface area contributed by atoms with E-state index in [2.05, 4.69) is 6.92 Å². The van der Waals surface area contributed by atoms with Crippen molar-refractivity contribution in [1.82, 2.24) is 0 Å². The highest BCUT2D eigenvalue weighted by atomic mass is 16.5. The minimum atomic E-state index is 0.302. The van der Waals surface area contributed by atoms with E-state index < -0.39 is 0 Å². The topological polar surface area (TPSA) is 29.5 Å². The average molecular weight is 144 g/mol. The van der Waals surface area contributed by atoms with Crippen molar-refractivity contribution in [2.45, 2.75) is 32.3 Å². The third-order valence-corrected chi connectivity index (χ3v) is 2.22. The van der Waals surface area contributed by atoms with E-state index >= 15 is 0 Å². The van der Waals surface area contributed by atoms with Crippen LogP contribution >= 0.6 is 0 Å². The first-order valence-electron chi connectivity index (χ1n) is 4.11. The Hall–Kier alpha value is -0.0800. The van der Waals surface area contributed by atoms with Gasteiger partial charge in [0.05, 0.1) is 12.7 Å². The van der Waals surface area contributed by atoms with Crippen LogP contribution in [0.4, 0.5) is 0 Å². The van der Waals surface area contributed by atoms with E-state index in [1.54, 1.807) is 0 Å². The molecule has 2 heteroatoms. The van der Waals surface area contributed by atoms with E-state index in [4.69, 9.17) is 9.84 Å². The van der Waals surface area contributed by atoms with Crippen LogP contribution in [0.5, 0.6) is 0 Å². The number of aliphatic hydroxyl groups excluding tert-OH is 1. The number of ether oxygens (including phenoxy) is 1. The Balaban J connectivity index is 2.05. The van der Waals surface area contributed by atoms with Crippen LogP contribution < -0.4 is 0 Å². The van der Waals surface area contributed by atoms with Gasteiger partial charge in [-0.05, 0) is 19.3 Å². The smallest absolute Gasteiger partial charge is 0.0626 e. The molecule has 1 saturated heterocycles. The second kappa shape index (κ2) is 3.94. The van der Waals surface area contributed by atoms with Crippen LogP contribution in [0.15, 0.2) is 0 Å². The summed E-state index contributed by atoms with van der Waals surface area (Å²) in [6, 6.07) is 0. The van der Waals surface area contributed by atoms with Gasteiger partial charge in [0.25, 0.3) is 0 Å². The van der Waals surface area contributed by atoms with Gasteiger partial charge in [-0.3, -0.25) is 0 Å². The van der Waals surface area contributed by atoms with Crippen molar-refractivity contribution in [2.75, 3.05) is 13.2 Å². The minimum absolute atomic E-state index is 0.302. The van der Waals surface area contributed by atoms with E-state index in [1.807, 2.05) is 0 Å². The van der Waals surface area contributed by atoms with Gasteiger partial charge in [-0.1, -0.05) is 6.92 Å². The molecule has 60 valence electrons. The fourth-order valence-electron chi connectivity index (χ4n) is 1.36. The molecule has 0 aromatic rings. The average Bonchev–Trinajstić information content (AvgIpc) is 1.88. The summed E-state index contributed by atoms with van der Waals surface area (Å²) in [6.07, 6.45) is 3.60. The van der Waals surface area contributed by atoms with Gasteiger partial charge in [-0.2, -0.15) is 0 Å². The maximum Gasteiger partial charge on any atom is 0.0626 e. The van der Waals surface area contributed by atoms with Crippen molar-refractivity contribution >= 4 is 0 Å². The molecule has 1 heterocycles. The van der Waals surface area contributed by atoms with Crippen LogP contribution in [0, 0.1) is 5.92 Å². The second-order valence-electron chi connectivity index (χ2n) is 2.91. The number of aliphatic hydroxyl groups is 1. The molecule has 0 spiro atoms. The summed E-state index contributed by atoms with van der Waals surface area (Å²) < 4.78 is 5.33. The molecule has 10 heavy (non-hydrogen) atoms. The number of rotatable bonds is 4. The summed E-state index contributed by atoms with van der Waals surface area (Å²) in [6.45, 7) is 3.43. The summed E-state index contributed by atoms with van der Waals surface area (Å²) >= 11 is 0. The third kappa shape index (κ3) is 1.70. The summed E-state index contributed by atoms with van der Waals surface area (Å²) in [5.41, 5.74) is 0. The van der Waals surface area contributed by atoms with E-state index in [0.29, 0.717) is 12.7 Å². The molecule has 0 amide bonds. The first-order valence-corrected chi connectivity index (χ1v) is 4.11. The molecule has 1 N–H and O–H groups in total. The summed E-state index contributed by atoms with van der Waals surface area (Å²) in [5.74, 6) is 0.770. The first kappa shape index (κ1) is 8.02. The molecule has 1 rings (SSSR count). The van der Waals surface area contributed by atoms with E-state index in [1.165, 1.54) is 6.42 Å². The third-order valence-electron chi connectivity index (χ3n) is 2.22. The summed E-state index contributed by atoms with van der Waals surface area (Å²) in [5, 5.41) is 8.54. The standard InChI is InChI=1S/C8H16O2/c1-2-7-6-10-8(7)4-3-5-9/h7-9H,2-6H2,1H3. The first-order chi connectivity index (χ1) is 4.88. The number of hydrogen-bond acceptors (Lipinski definition) is 2. The highest BCUT2D eigenvalue weighted by Crippen LogP contribution is 2.26. The fourth-order valence-corrected chi connectivity index (χ4v) is 1.36. The Bertz CT molecular complexity index is 91.3. The Morgan fingerprint density at radius 3 is 2.80 bits per heavy atom. The molecule has 1 fully saturated rings. The van der Waals surface area contributed by atoms with Gasteiger partial charge in [0.15, 0.2) is 0 Å². The van der Waals surface area contributed by atoms with Crippen LogP contribution in [0.1, 0.15) is 26.2 Å². The molecule has 2 atom stereocenters. The Labute approximate surface area is 62.2 Å². The maximum absolute atomic E-state index is 8.54. The monoisotopic (exact) mass is 144 g/mol. The van der Waals surface area contributed by atoms with Crippen molar-refractivity contribution in [1.29, 1.82) is 0 Å². The lowest BCUT2D eigenvalue weighted by molar-refractivity contribution is -0.120. The van der Waals surface area contributed by atoms with Crippen LogP contribution in [-0.4, -0.2) is 24.4 Å². The molecule has 0 saturated carbocycles. The Kier molecular flexibility index (Phi) is 3.16. The molecular formula is C8H16O2. The molecule has 1 aliphatic rings. The zero-order valence-electron chi connectivity index (χ0n) is 6.55. The Morgan fingerprint density at radius 2 is 2.40 bits per heavy atom. The molecule has 0 aromatic carbocycles. The van der Waals surface area contributed by atoms with Crippen molar-refractivity contribution in [3.8, 4) is 0 Å². The molecule has 2 unspecified atom stereocenters. The highest BCUT2D eigenvalue weighted by molar-refractivity contribution is 4.76. The SMILES string of the molecule is CCC1COC1CCCO. The second-order valence-corrected chi connectivity index (χ2v) is 2.91. The zero-order valence-corrected chi connectivity index (χ0v) is 6.55. The molecule has 0 aliphatic carbocycles. The number of hydrogen-bond donors (Lipinski definition) is 1. The van der Waals surface area contributed by atoms with E-state index in [0.717, 1.165) is 25.4 Å². The summed E-state index contributed by atoms with van der Waals surface area (Å²) in [7, 11) is 0. The zero-order chi connectivity index (χ0) is 7.40. The van der Waals surface area contributed by atoms with Gasteiger partial charge in [-0.25, -0.2) is 0 Å². The van der Waals surface area contributed by atoms with Crippen LogP contribution in [0.2, 0.25) is 0 Å². The summed E-state index contributed by atoms with van der Waals surface area (Å²) in [4.78, 5) is 0.